The monoisotopic (exact) mass is 246 g/mol. The first-order valence-corrected chi connectivity index (χ1v) is 5.58. The minimum Gasteiger partial charge on any atom is -0.294 e. The Balaban J connectivity index is 2.24. The van der Waals surface area contributed by atoms with E-state index in [0.717, 1.165) is 11.1 Å². The van der Waals surface area contributed by atoms with E-state index < -0.39 is 0 Å². The number of rotatable bonds is 3. The number of nitrogens with zero attached hydrogens (tertiary/aromatic N) is 2. The molecule has 0 fully saturated rings. The van der Waals surface area contributed by atoms with E-state index in [1.54, 1.807) is 36.9 Å². The molecule has 0 atom stereocenters. The third-order valence-electron chi connectivity index (χ3n) is 2.53. The molecule has 0 aliphatic heterocycles. The smallest absolute Gasteiger partial charge is 0.167 e. The number of carbonyl (C=O) groups excluding carboxylic acids is 1. The molecular formula is C13H11ClN2O. The van der Waals surface area contributed by atoms with Crippen LogP contribution in [0.25, 0.3) is 0 Å². The summed E-state index contributed by atoms with van der Waals surface area (Å²) in [4.78, 5) is 19.9. The Morgan fingerprint density at radius 2 is 1.94 bits per heavy atom. The van der Waals surface area contributed by atoms with Gasteiger partial charge >= 0.3 is 0 Å². The number of carbonyl (C=O) groups is 1. The summed E-state index contributed by atoms with van der Waals surface area (Å²) >= 11 is 5.97. The van der Waals surface area contributed by atoms with Gasteiger partial charge < -0.3 is 0 Å². The number of ketones is 1. The van der Waals surface area contributed by atoms with Crippen molar-refractivity contribution in [1.82, 2.24) is 9.97 Å². The first kappa shape index (κ1) is 11.7. The minimum absolute atomic E-state index is 0.0398. The molecule has 0 spiro atoms. The molecule has 0 amide bonds. The van der Waals surface area contributed by atoms with Crippen molar-refractivity contribution in [2.75, 3.05) is 0 Å². The lowest BCUT2D eigenvalue weighted by Crippen LogP contribution is -2.06. The van der Waals surface area contributed by atoms with Crippen molar-refractivity contribution in [3.63, 3.8) is 0 Å². The Hall–Kier alpha value is -1.74. The standard InChI is InChI=1S/C13H11ClN2O/c1-9-7-15-5-3-11(9)13(17)6-10-2-4-16-8-12(10)14/h2-5,7-8H,6H2,1H3. The van der Waals surface area contributed by atoms with Crippen LogP contribution in [0.2, 0.25) is 5.02 Å². The molecular weight excluding hydrogens is 236 g/mol. The highest BCUT2D eigenvalue weighted by atomic mass is 35.5. The van der Waals surface area contributed by atoms with Crippen molar-refractivity contribution < 1.29 is 4.79 Å². The average Bonchev–Trinajstić information content (AvgIpc) is 2.32. The number of aryl methyl sites for hydroxylation is 1. The molecule has 0 aliphatic rings. The van der Waals surface area contributed by atoms with E-state index in [0.29, 0.717) is 10.6 Å². The van der Waals surface area contributed by atoms with E-state index >= 15 is 0 Å². The Kier molecular flexibility index (Phi) is 3.49. The number of hydrogen-bond donors (Lipinski definition) is 0. The molecule has 0 radical (unpaired) electrons. The van der Waals surface area contributed by atoms with Crippen molar-refractivity contribution >= 4 is 17.4 Å². The van der Waals surface area contributed by atoms with Crippen LogP contribution < -0.4 is 0 Å². The summed E-state index contributed by atoms with van der Waals surface area (Å²) in [5, 5.41) is 0.521. The summed E-state index contributed by atoms with van der Waals surface area (Å²) in [6.07, 6.45) is 6.76. The van der Waals surface area contributed by atoms with Gasteiger partial charge in [0.1, 0.15) is 0 Å². The third-order valence-corrected chi connectivity index (χ3v) is 2.87. The summed E-state index contributed by atoms with van der Waals surface area (Å²) in [6.45, 7) is 1.87. The Morgan fingerprint density at radius 1 is 1.24 bits per heavy atom. The first-order chi connectivity index (χ1) is 8.18. The molecule has 86 valence electrons. The highest BCUT2D eigenvalue weighted by Gasteiger charge is 2.11. The summed E-state index contributed by atoms with van der Waals surface area (Å²) in [7, 11) is 0. The van der Waals surface area contributed by atoms with Gasteiger partial charge in [0.05, 0.1) is 5.02 Å². The van der Waals surface area contributed by atoms with Crippen LogP contribution in [0.3, 0.4) is 0 Å². The van der Waals surface area contributed by atoms with Gasteiger partial charge in [0.2, 0.25) is 0 Å². The van der Waals surface area contributed by atoms with Crippen LogP contribution in [-0.2, 0) is 6.42 Å². The zero-order valence-corrected chi connectivity index (χ0v) is 10.1. The second-order valence-corrected chi connectivity index (χ2v) is 4.16. The lowest BCUT2D eigenvalue weighted by molar-refractivity contribution is 0.0992. The van der Waals surface area contributed by atoms with Gasteiger partial charge in [-0.2, -0.15) is 0 Å². The van der Waals surface area contributed by atoms with Crippen molar-refractivity contribution in [2.45, 2.75) is 13.3 Å². The van der Waals surface area contributed by atoms with Gasteiger partial charge in [-0.05, 0) is 30.2 Å². The molecule has 17 heavy (non-hydrogen) atoms. The molecule has 0 unspecified atom stereocenters. The second-order valence-electron chi connectivity index (χ2n) is 3.76. The largest absolute Gasteiger partial charge is 0.294 e. The predicted molar refractivity (Wildman–Crippen MR) is 66.3 cm³/mol. The van der Waals surface area contributed by atoms with E-state index in [1.807, 2.05) is 6.92 Å². The van der Waals surface area contributed by atoms with Crippen molar-refractivity contribution in [1.29, 1.82) is 0 Å². The molecule has 0 saturated heterocycles. The van der Waals surface area contributed by atoms with E-state index in [1.165, 1.54) is 0 Å². The van der Waals surface area contributed by atoms with E-state index in [2.05, 4.69) is 9.97 Å². The molecule has 2 heterocycles. The fraction of sp³-hybridized carbons (Fsp3) is 0.154. The molecule has 0 aliphatic carbocycles. The summed E-state index contributed by atoms with van der Waals surface area (Å²) < 4.78 is 0. The van der Waals surface area contributed by atoms with Crippen LogP contribution in [0.4, 0.5) is 0 Å². The molecule has 2 aromatic rings. The molecule has 0 N–H and O–H groups in total. The lowest BCUT2D eigenvalue weighted by atomic mass is 10.0. The fourth-order valence-electron chi connectivity index (χ4n) is 1.60. The summed E-state index contributed by atoms with van der Waals surface area (Å²) in [5.74, 6) is 0.0398. The van der Waals surface area contributed by atoms with E-state index in [4.69, 9.17) is 11.6 Å². The fourth-order valence-corrected chi connectivity index (χ4v) is 1.79. The maximum atomic E-state index is 12.1. The lowest BCUT2D eigenvalue weighted by Gasteiger charge is -2.05. The number of aromatic nitrogens is 2. The zero-order chi connectivity index (χ0) is 12.3. The van der Waals surface area contributed by atoms with Crippen LogP contribution in [-0.4, -0.2) is 15.8 Å². The van der Waals surface area contributed by atoms with Crippen LogP contribution in [0.15, 0.2) is 36.9 Å². The quantitative estimate of drug-likeness (QED) is 0.782. The highest BCUT2D eigenvalue weighted by Crippen LogP contribution is 2.17. The van der Waals surface area contributed by atoms with Gasteiger partial charge in [-0.15, -0.1) is 0 Å². The number of hydrogen-bond acceptors (Lipinski definition) is 3. The first-order valence-electron chi connectivity index (χ1n) is 5.20. The second kappa shape index (κ2) is 5.06. The highest BCUT2D eigenvalue weighted by molar-refractivity contribution is 6.31. The van der Waals surface area contributed by atoms with Gasteiger partial charge in [-0.3, -0.25) is 14.8 Å². The van der Waals surface area contributed by atoms with Crippen LogP contribution in [0, 0.1) is 6.92 Å². The Labute approximate surface area is 104 Å². The topological polar surface area (TPSA) is 42.9 Å². The van der Waals surface area contributed by atoms with Gasteiger partial charge in [-0.25, -0.2) is 0 Å². The molecule has 2 aromatic heterocycles. The number of pyridine rings is 2. The van der Waals surface area contributed by atoms with Gasteiger partial charge in [0.25, 0.3) is 0 Å². The average molecular weight is 247 g/mol. The molecule has 0 saturated carbocycles. The van der Waals surface area contributed by atoms with Gasteiger partial charge in [-0.1, -0.05) is 11.6 Å². The van der Waals surface area contributed by atoms with Crippen molar-refractivity contribution in [3.8, 4) is 0 Å². The zero-order valence-electron chi connectivity index (χ0n) is 9.35. The molecule has 0 aromatic carbocycles. The maximum absolute atomic E-state index is 12.1. The summed E-state index contributed by atoms with van der Waals surface area (Å²) in [6, 6.07) is 3.49. The van der Waals surface area contributed by atoms with Gasteiger partial charge in [0, 0.05) is 36.8 Å². The predicted octanol–water partition coefficient (Wildman–Crippen LogP) is 2.86. The Bertz CT molecular complexity index is 555. The number of halogens is 1. The van der Waals surface area contributed by atoms with Crippen molar-refractivity contribution in [2.24, 2.45) is 0 Å². The normalized spacial score (nSPS) is 10.2. The van der Waals surface area contributed by atoms with E-state index in [-0.39, 0.29) is 12.2 Å². The third kappa shape index (κ3) is 2.68. The Morgan fingerprint density at radius 3 is 2.65 bits per heavy atom. The maximum Gasteiger partial charge on any atom is 0.167 e. The minimum atomic E-state index is 0.0398. The van der Waals surface area contributed by atoms with Crippen molar-refractivity contribution in [3.05, 3.63) is 58.6 Å². The summed E-state index contributed by atoms with van der Waals surface area (Å²) in [5.41, 5.74) is 2.36. The molecule has 2 rings (SSSR count). The molecule has 4 heteroatoms. The van der Waals surface area contributed by atoms with Crippen LogP contribution >= 0.6 is 11.6 Å². The molecule has 3 nitrogen and oxygen atoms in total. The van der Waals surface area contributed by atoms with Crippen LogP contribution in [0.5, 0.6) is 0 Å². The van der Waals surface area contributed by atoms with E-state index in [9.17, 15) is 4.79 Å². The number of Topliss-reactive ketones (excluding diaryl/α,β-unsaturated/α-hetero) is 1. The van der Waals surface area contributed by atoms with Crippen LogP contribution in [0.1, 0.15) is 21.5 Å². The SMILES string of the molecule is Cc1cnccc1C(=O)Cc1ccncc1Cl. The van der Waals surface area contributed by atoms with Gasteiger partial charge in [0.15, 0.2) is 5.78 Å². The molecule has 0 bridgehead atoms.